The summed E-state index contributed by atoms with van der Waals surface area (Å²) >= 11 is 1.80. The first-order chi connectivity index (χ1) is 10.3. The van der Waals surface area contributed by atoms with Crippen molar-refractivity contribution in [2.75, 3.05) is 0 Å². The SMILES string of the molecule is O=C(O)CCCCCCCCCCCCCc1ccsc1. The van der Waals surface area contributed by atoms with Crippen molar-refractivity contribution in [3.05, 3.63) is 22.4 Å². The number of aliphatic carboxylic acids is 1. The van der Waals surface area contributed by atoms with Crippen molar-refractivity contribution in [2.24, 2.45) is 0 Å². The first-order valence-electron chi connectivity index (χ1n) is 8.52. The first-order valence-corrected chi connectivity index (χ1v) is 9.46. The number of aryl methyl sites for hydroxylation is 1. The van der Waals surface area contributed by atoms with Crippen molar-refractivity contribution in [1.29, 1.82) is 0 Å². The maximum Gasteiger partial charge on any atom is 0.303 e. The van der Waals surface area contributed by atoms with Crippen LogP contribution in [-0.4, -0.2) is 11.1 Å². The van der Waals surface area contributed by atoms with Crippen LogP contribution in [0.5, 0.6) is 0 Å². The highest BCUT2D eigenvalue weighted by Crippen LogP contribution is 2.14. The molecule has 1 aromatic heterocycles. The number of carbonyl (C=O) groups is 1. The third-order valence-electron chi connectivity index (χ3n) is 3.94. The van der Waals surface area contributed by atoms with Gasteiger partial charge < -0.3 is 5.11 Å². The Labute approximate surface area is 133 Å². The van der Waals surface area contributed by atoms with Crippen molar-refractivity contribution in [1.82, 2.24) is 0 Å². The molecule has 1 N–H and O–H groups in total. The van der Waals surface area contributed by atoms with Gasteiger partial charge in [-0.25, -0.2) is 0 Å². The van der Waals surface area contributed by atoms with E-state index < -0.39 is 5.97 Å². The topological polar surface area (TPSA) is 37.3 Å². The zero-order chi connectivity index (χ0) is 15.2. The summed E-state index contributed by atoms with van der Waals surface area (Å²) in [5, 5.41) is 13.0. The number of carboxylic acids is 1. The van der Waals surface area contributed by atoms with Gasteiger partial charge in [0.15, 0.2) is 0 Å². The molecule has 0 unspecified atom stereocenters. The fourth-order valence-corrected chi connectivity index (χ4v) is 3.33. The van der Waals surface area contributed by atoms with E-state index in [4.69, 9.17) is 5.11 Å². The Balaban J connectivity index is 1.72. The van der Waals surface area contributed by atoms with Crippen LogP contribution in [-0.2, 0) is 11.2 Å². The Kier molecular flexibility index (Phi) is 11.2. The minimum Gasteiger partial charge on any atom is -0.481 e. The fourth-order valence-electron chi connectivity index (χ4n) is 2.63. The van der Waals surface area contributed by atoms with E-state index in [0.29, 0.717) is 6.42 Å². The number of hydrogen-bond acceptors (Lipinski definition) is 2. The van der Waals surface area contributed by atoms with Gasteiger partial charge in [0.1, 0.15) is 0 Å². The molecular weight excluding hydrogens is 280 g/mol. The molecule has 0 saturated carbocycles. The molecule has 0 aromatic carbocycles. The van der Waals surface area contributed by atoms with E-state index in [0.717, 1.165) is 12.8 Å². The minimum absolute atomic E-state index is 0.339. The normalized spacial score (nSPS) is 10.9. The van der Waals surface area contributed by atoms with E-state index in [-0.39, 0.29) is 0 Å². The second-order valence-electron chi connectivity index (χ2n) is 5.91. The van der Waals surface area contributed by atoms with Crippen molar-refractivity contribution in [3.8, 4) is 0 Å². The van der Waals surface area contributed by atoms with Crippen LogP contribution in [0.1, 0.15) is 82.6 Å². The lowest BCUT2D eigenvalue weighted by Gasteiger charge is -2.02. The molecular formula is C18H30O2S. The molecule has 0 atom stereocenters. The molecule has 120 valence electrons. The van der Waals surface area contributed by atoms with Crippen molar-refractivity contribution >= 4 is 17.3 Å². The van der Waals surface area contributed by atoms with E-state index in [1.54, 1.807) is 11.3 Å². The van der Waals surface area contributed by atoms with Gasteiger partial charge in [-0.2, -0.15) is 11.3 Å². The van der Waals surface area contributed by atoms with Crippen LogP contribution in [0.25, 0.3) is 0 Å². The van der Waals surface area contributed by atoms with E-state index in [2.05, 4.69) is 16.8 Å². The number of carboxylic acid groups (broad SMARTS) is 1. The van der Waals surface area contributed by atoms with Gasteiger partial charge in [-0.3, -0.25) is 4.79 Å². The molecule has 2 nitrogen and oxygen atoms in total. The summed E-state index contributed by atoms with van der Waals surface area (Å²) in [5.74, 6) is -0.658. The molecule has 0 radical (unpaired) electrons. The van der Waals surface area contributed by atoms with Gasteiger partial charge in [0.2, 0.25) is 0 Å². The van der Waals surface area contributed by atoms with Gasteiger partial charge in [0.25, 0.3) is 0 Å². The first kappa shape index (κ1) is 18.2. The highest BCUT2D eigenvalue weighted by Gasteiger charge is 1.97. The lowest BCUT2D eigenvalue weighted by Crippen LogP contribution is -1.93. The predicted octanol–water partition coefficient (Wildman–Crippen LogP) is 6.06. The molecule has 0 spiro atoms. The van der Waals surface area contributed by atoms with E-state index in [9.17, 15) is 4.79 Å². The predicted molar refractivity (Wildman–Crippen MR) is 91.1 cm³/mol. The number of hydrogen-bond donors (Lipinski definition) is 1. The van der Waals surface area contributed by atoms with Crippen LogP contribution in [0.4, 0.5) is 0 Å². The molecule has 0 amide bonds. The van der Waals surface area contributed by atoms with Crippen molar-refractivity contribution in [3.63, 3.8) is 0 Å². The maximum absolute atomic E-state index is 10.3. The van der Waals surface area contributed by atoms with Crippen LogP contribution < -0.4 is 0 Å². The zero-order valence-electron chi connectivity index (χ0n) is 13.2. The molecule has 0 fully saturated rings. The van der Waals surface area contributed by atoms with Crippen LogP contribution >= 0.6 is 11.3 Å². The summed E-state index contributed by atoms with van der Waals surface area (Å²) in [6, 6.07) is 2.24. The summed E-state index contributed by atoms with van der Waals surface area (Å²) in [6.45, 7) is 0. The average Bonchev–Trinajstić information content (AvgIpc) is 2.97. The standard InChI is InChI=1S/C18H30O2S/c19-18(20)13-11-9-7-5-3-1-2-4-6-8-10-12-17-14-15-21-16-17/h14-16H,1-13H2,(H,19,20). The van der Waals surface area contributed by atoms with E-state index >= 15 is 0 Å². The fraction of sp³-hybridized carbons (Fsp3) is 0.722. The Hall–Kier alpha value is -0.830. The van der Waals surface area contributed by atoms with E-state index in [1.165, 1.54) is 69.8 Å². The van der Waals surface area contributed by atoms with E-state index in [1.807, 2.05) is 0 Å². The van der Waals surface area contributed by atoms with Crippen molar-refractivity contribution < 1.29 is 9.90 Å². The van der Waals surface area contributed by atoms with Gasteiger partial charge in [0, 0.05) is 6.42 Å². The van der Waals surface area contributed by atoms with Gasteiger partial charge >= 0.3 is 5.97 Å². The molecule has 0 aliphatic rings. The van der Waals surface area contributed by atoms with Crippen LogP contribution in [0.2, 0.25) is 0 Å². The Morgan fingerprint density at radius 3 is 1.86 bits per heavy atom. The lowest BCUT2D eigenvalue weighted by molar-refractivity contribution is -0.137. The highest BCUT2D eigenvalue weighted by molar-refractivity contribution is 7.07. The van der Waals surface area contributed by atoms with Gasteiger partial charge in [-0.05, 0) is 41.7 Å². The molecule has 1 aromatic rings. The quantitative estimate of drug-likeness (QED) is 0.424. The molecule has 3 heteroatoms. The third kappa shape index (κ3) is 11.5. The van der Waals surface area contributed by atoms with Crippen LogP contribution in [0, 0.1) is 0 Å². The highest BCUT2D eigenvalue weighted by atomic mass is 32.1. The summed E-state index contributed by atoms with van der Waals surface area (Å²) in [5.41, 5.74) is 1.50. The molecule has 21 heavy (non-hydrogen) atoms. The van der Waals surface area contributed by atoms with Gasteiger partial charge in [-0.15, -0.1) is 0 Å². The van der Waals surface area contributed by atoms with Gasteiger partial charge in [-0.1, -0.05) is 57.8 Å². The number of unbranched alkanes of at least 4 members (excludes halogenated alkanes) is 10. The van der Waals surface area contributed by atoms with Gasteiger partial charge in [0.05, 0.1) is 0 Å². The average molecular weight is 311 g/mol. The zero-order valence-corrected chi connectivity index (χ0v) is 14.0. The monoisotopic (exact) mass is 310 g/mol. The second-order valence-corrected chi connectivity index (χ2v) is 6.69. The number of rotatable bonds is 14. The summed E-state index contributed by atoms with van der Waals surface area (Å²) < 4.78 is 0. The Morgan fingerprint density at radius 1 is 0.857 bits per heavy atom. The largest absolute Gasteiger partial charge is 0.481 e. The molecule has 0 saturated heterocycles. The lowest BCUT2D eigenvalue weighted by atomic mass is 10.0. The second kappa shape index (κ2) is 12.9. The Bertz CT molecular complexity index is 346. The Morgan fingerprint density at radius 2 is 1.38 bits per heavy atom. The summed E-state index contributed by atoms with van der Waals surface area (Å²) in [7, 11) is 0. The third-order valence-corrected chi connectivity index (χ3v) is 4.67. The molecule has 0 aliphatic carbocycles. The maximum atomic E-state index is 10.3. The van der Waals surface area contributed by atoms with Crippen LogP contribution in [0.3, 0.4) is 0 Å². The smallest absolute Gasteiger partial charge is 0.303 e. The summed E-state index contributed by atoms with van der Waals surface area (Å²) in [6.07, 6.45) is 15.5. The molecule has 0 aliphatic heterocycles. The number of thiophene rings is 1. The minimum atomic E-state index is -0.658. The summed E-state index contributed by atoms with van der Waals surface area (Å²) in [4.78, 5) is 10.3. The molecule has 1 heterocycles. The molecule has 1 rings (SSSR count). The van der Waals surface area contributed by atoms with Crippen molar-refractivity contribution in [2.45, 2.75) is 83.5 Å². The molecule has 0 bridgehead atoms. The van der Waals surface area contributed by atoms with Crippen LogP contribution in [0.15, 0.2) is 16.8 Å².